The van der Waals surface area contributed by atoms with Crippen LogP contribution in [0.25, 0.3) is 0 Å². The lowest BCUT2D eigenvalue weighted by atomic mass is 10.1. The lowest BCUT2D eigenvalue weighted by Gasteiger charge is -2.22. The van der Waals surface area contributed by atoms with Gasteiger partial charge in [-0.15, -0.1) is 35.3 Å². The zero-order valence-electron chi connectivity index (χ0n) is 14.9. The molecule has 0 aromatic carbocycles. The molecule has 1 aliphatic rings. The molecule has 0 spiro atoms. The highest BCUT2D eigenvalue weighted by molar-refractivity contribution is 14.0. The first-order valence-corrected chi connectivity index (χ1v) is 11.1. The van der Waals surface area contributed by atoms with Crippen LogP contribution >= 0.6 is 35.3 Å². The second kappa shape index (κ2) is 9.01. The Morgan fingerprint density at radius 1 is 1.44 bits per heavy atom. The van der Waals surface area contributed by atoms with Gasteiger partial charge in [0.15, 0.2) is 5.96 Å². The van der Waals surface area contributed by atoms with Gasteiger partial charge in [-0.05, 0) is 38.1 Å². The average Bonchev–Trinajstić information content (AvgIpc) is 3.01. The van der Waals surface area contributed by atoms with Gasteiger partial charge in [-0.3, -0.25) is 0 Å². The van der Waals surface area contributed by atoms with Crippen molar-refractivity contribution >= 4 is 51.1 Å². The minimum atomic E-state index is -2.98. The van der Waals surface area contributed by atoms with Crippen LogP contribution in [0.4, 0.5) is 0 Å². The molecule has 3 N–H and O–H groups in total. The van der Waals surface area contributed by atoms with Gasteiger partial charge in [0.1, 0.15) is 15.4 Å². The van der Waals surface area contributed by atoms with Crippen molar-refractivity contribution in [3.63, 3.8) is 0 Å². The highest BCUT2D eigenvalue weighted by Crippen LogP contribution is 2.46. The summed E-state index contributed by atoms with van der Waals surface area (Å²) >= 11 is 1.50. The van der Waals surface area contributed by atoms with E-state index in [1.165, 1.54) is 17.6 Å². The summed E-state index contributed by atoms with van der Waals surface area (Å²) in [4.78, 5) is 5.34. The lowest BCUT2D eigenvalue weighted by molar-refractivity contribution is 0.0711. The summed E-state index contributed by atoms with van der Waals surface area (Å²) in [7, 11) is -2.98. The van der Waals surface area contributed by atoms with Gasteiger partial charge in [0, 0.05) is 29.6 Å². The molecule has 9 heteroatoms. The van der Waals surface area contributed by atoms with Gasteiger partial charge in [0.05, 0.1) is 12.3 Å². The number of rotatable bonds is 8. The van der Waals surface area contributed by atoms with Gasteiger partial charge in [0.25, 0.3) is 0 Å². The molecule has 144 valence electrons. The molecule has 1 aliphatic carbocycles. The second-order valence-electron chi connectivity index (χ2n) is 6.87. The maximum Gasteiger partial charge on any atom is 0.191 e. The summed E-state index contributed by atoms with van der Waals surface area (Å²) in [5.74, 6) is 0.813. The summed E-state index contributed by atoms with van der Waals surface area (Å²) in [6.45, 7) is 5.23. The normalized spacial score (nSPS) is 18.8. The summed E-state index contributed by atoms with van der Waals surface area (Å²) < 4.78 is 23.1. The third kappa shape index (κ3) is 7.40. The predicted octanol–water partition coefficient (Wildman–Crippen LogP) is 1.95. The number of halogens is 1. The summed E-state index contributed by atoms with van der Waals surface area (Å²) in [6.07, 6.45) is 3.11. The van der Waals surface area contributed by atoms with Gasteiger partial charge in [-0.25, -0.2) is 13.4 Å². The molecule has 0 aliphatic heterocycles. The fourth-order valence-electron chi connectivity index (χ4n) is 2.61. The molecule has 25 heavy (non-hydrogen) atoms. The van der Waals surface area contributed by atoms with Crippen molar-refractivity contribution in [1.82, 2.24) is 10.6 Å². The number of aliphatic hydroxyl groups is 1. The number of nitrogens with one attached hydrogen (secondary N) is 2. The highest BCUT2D eigenvalue weighted by atomic mass is 127. The van der Waals surface area contributed by atoms with Gasteiger partial charge in [0.2, 0.25) is 0 Å². The van der Waals surface area contributed by atoms with Gasteiger partial charge < -0.3 is 15.7 Å². The Morgan fingerprint density at radius 3 is 2.60 bits per heavy atom. The molecule has 0 radical (unpaired) electrons. The fourth-order valence-corrected chi connectivity index (χ4v) is 4.90. The highest BCUT2D eigenvalue weighted by Gasteiger charge is 2.45. The number of aliphatic imine (C=N–C) groups is 1. The van der Waals surface area contributed by atoms with Crippen molar-refractivity contribution in [2.45, 2.75) is 32.3 Å². The van der Waals surface area contributed by atoms with E-state index in [1.54, 1.807) is 6.92 Å². The van der Waals surface area contributed by atoms with E-state index in [0.29, 0.717) is 19.0 Å². The van der Waals surface area contributed by atoms with Crippen molar-refractivity contribution in [2.75, 3.05) is 31.6 Å². The molecular formula is C16H28IN3O3S2. The Hall–Kier alpha value is -0.390. The van der Waals surface area contributed by atoms with E-state index in [0.717, 1.165) is 17.7 Å². The smallest absolute Gasteiger partial charge is 0.191 e. The monoisotopic (exact) mass is 501 g/mol. The van der Waals surface area contributed by atoms with Crippen LogP contribution in [0.1, 0.15) is 31.6 Å². The Balaban J connectivity index is 0.00000312. The Morgan fingerprint density at radius 2 is 2.12 bits per heavy atom. The maximum absolute atomic E-state index is 11.5. The van der Waals surface area contributed by atoms with Crippen LogP contribution in [0.15, 0.2) is 22.5 Å². The molecule has 1 saturated carbocycles. The molecule has 1 aromatic rings. The first-order valence-electron chi connectivity index (χ1n) is 8.12. The number of guanidine groups is 1. The van der Waals surface area contributed by atoms with Gasteiger partial charge in [-0.1, -0.05) is 6.07 Å². The van der Waals surface area contributed by atoms with E-state index in [2.05, 4.69) is 15.6 Å². The molecule has 1 fully saturated rings. The van der Waals surface area contributed by atoms with Crippen molar-refractivity contribution in [3.05, 3.63) is 22.4 Å². The molecule has 2 rings (SSSR count). The zero-order valence-corrected chi connectivity index (χ0v) is 18.9. The third-order valence-electron chi connectivity index (χ3n) is 4.10. The number of hydrogen-bond donors (Lipinski definition) is 3. The first-order chi connectivity index (χ1) is 11.2. The molecular weight excluding hydrogens is 473 g/mol. The van der Waals surface area contributed by atoms with E-state index in [-0.39, 0.29) is 41.7 Å². The largest absolute Gasteiger partial charge is 0.383 e. The third-order valence-corrected chi connectivity index (χ3v) is 6.36. The van der Waals surface area contributed by atoms with Crippen LogP contribution in [-0.4, -0.2) is 51.1 Å². The molecule has 1 aromatic heterocycles. The zero-order chi connectivity index (χ0) is 17.8. The van der Waals surface area contributed by atoms with E-state index in [4.69, 9.17) is 0 Å². The van der Waals surface area contributed by atoms with Gasteiger partial charge >= 0.3 is 0 Å². The van der Waals surface area contributed by atoms with Crippen molar-refractivity contribution < 1.29 is 13.5 Å². The number of nitrogens with zero attached hydrogens (tertiary/aromatic N) is 1. The maximum atomic E-state index is 11.5. The second-order valence-corrected chi connectivity index (χ2v) is 9.96. The van der Waals surface area contributed by atoms with Crippen molar-refractivity contribution in [1.29, 1.82) is 0 Å². The van der Waals surface area contributed by atoms with Gasteiger partial charge in [-0.2, -0.15) is 0 Å². The van der Waals surface area contributed by atoms with Crippen LogP contribution in [0.2, 0.25) is 0 Å². The minimum absolute atomic E-state index is 0. The van der Waals surface area contributed by atoms with Crippen molar-refractivity contribution in [3.8, 4) is 0 Å². The van der Waals surface area contributed by atoms with E-state index in [1.807, 2.05) is 24.4 Å². The molecule has 0 saturated heterocycles. The standard InChI is InChI=1S/C16H27N3O3S2.HI/c1-4-17-14(18-10-15(2,20)13-6-5-9-23-13)19-11-16(7-8-16)12-24(3,21)22;/h5-6,9,20H,4,7-8,10-12H2,1-3H3,(H2,17,18,19);1H. The molecule has 0 bridgehead atoms. The number of thiophene rings is 1. The first kappa shape index (κ1) is 22.7. The summed E-state index contributed by atoms with van der Waals surface area (Å²) in [5.41, 5.74) is -1.18. The topological polar surface area (TPSA) is 90.8 Å². The predicted molar refractivity (Wildman–Crippen MR) is 115 cm³/mol. The molecule has 1 heterocycles. The summed E-state index contributed by atoms with van der Waals surface area (Å²) in [6, 6.07) is 3.80. The average molecular weight is 501 g/mol. The van der Waals surface area contributed by atoms with Crippen LogP contribution in [0.3, 0.4) is 0 Å². The van der Waals surface area contributed by atoms with Crippen LogP contribution in [0, 0.1) is 5.41 Å². The molecule has 1 atom stereocenters. The summed E-state index contributed by atoms with van der Waals surface area (Å²) in [5, 5.41) is 18.9. The molecule has 0 amide bonds. The van der Waals surface area contributed by atoms with E-state index >= 15 is 0 Å². The van der Waals surface area contributed by atoms with Crippen molar-refractivity contribution in [2.24, 2.45) is 10.4 Å². The number of sulfone groups is 1. The number of hydrogen-bond acceptors (Lipinski definition) is 5. The fraction of sp³-hybridized carbons (Fsp3) is 0.688. The van der Waals surface area contributed by atoms with Crippen LogP contribution in [0.5, 0.6) is 0 Å². The SMILES string of the molecule is CCNC(=NCC(C)(O)c1cccs1)NCC1(CS(C)(=O)=O)CC1.I. The Bertz CT molecular complexity index is 669. The molecule has 6 nitrogen and oxygen atoms in total. The van der Waals surface area contributed by atoms with E-state index < -0.39 is 15.4 Å². The Labute approximate surface area is 171 Å². The van der Waals surface area contributed by atoms with Crippen LogP contribution < -0.4 is 10.6 Å². The molecule has 1 unspecified atom stereocenters. The minimum Gasteiger partial charge on any atom is -0.383 e. The van der Waals surface area contributed by atoms with Crippen LogP contribution in [-0.2, 0) is 15.4 Å². The Kier molecular flexibility index (Phi) is 8.16. The lowest BCUT2D eigenvalue weighted by Crippen LogP contribution is -2.42. The van der Waals surface area contributed by atoms with E-state index in [9.17, 15) is 13.5 Å². The quantitative estimate of drug-likeness (QED) is 0.288.